The highest BCUT2D eigenvalue weighted by Gasteiger charge is 2.31. The van der Waals surface area contributed by atoms with Gasteiger partial charge in [0.1, 0.15) is 28.8 Å². The van der Waals surface area contributed by atoms with Crippen molar-refractivity contribution in [3.63, 3.8) is 0 Å². The summed E-state index contributed by atoms with van der Waals surface area (Å²) >= 11 is 0. The van der Waals surface area contributed by atoms with Crippen molar-refractivity contribution >= 4 is 17.1 Å². The van der Waals surface area contributed by atoms with Gasteiger partial charge in [-0.05, 0) is 92.7 Å². The zero-order valence-electron chi connectivity index (χ0n) is 19.6. The first-order valence-electron chi connectivity index (χ1n) is 12.2. The summed E-state index contributed by atoms with van der Waals surface area (Å²) in [7, 11) is 0. The maximum atomic E-state index is 13.5. The van der Waals surface area contributed by atoms with E-state index in [4.69, 9.17) is 4.74 Å². The van der Waals surface area contributed by atoms with Crippen LogP contribution >= 0.6 is 0 Å². The number of piperidine rings is 1. The molecule has 0 atom stereocenters. The molecule has 2 heterocycles. The molecule has 8 heteroatoms. The lowest BCUT2D eigenvalue weighted by molar-refractivity contribution is 0.167. The zero-order valence-corrected chi connectivity index (χ0v) is 19.6. The number of ether oxygens (including phenoxy) is 1. The number of halogens is 2. The molecule has 5 rings (SSSR count). The highest BCUT2D eigenvalue weighted by atomic mass is 19.1. The summed E-state index contributed by atoms with van der Waals surface area (Å²) in [6.45, 7) is 4.52. The summed E-state index contributed by atoms with van der Waals surface area (Å²) in [6.07, 6.45) is 3.78. The van der Waals surface area contributed by atoms with Gasteiger partial charge in [0.25, 0.3) is 10.9 Å². The number of anilines is 3. The van der Waals surface area contributed by atoms with Gasteiger partial charge in [0.2, 0.25) is 0 Å². The molecule has 1 saturated heterocycles. The second-order valence-corrected chi connectivity index (χ2v) is 9.36. The summed E-state index contributed by atoms with van der Waals surface area (Å²) in [4.78, 5) is 28.8. The minimum absolute atomic E-state index is 0.266. The number of hydrogen-bond donors (Lipinski definition) is 1. The van der Waals surface area contributed by atoms with E-state index in [0.29, 0.717) is 49.2 Å². The Labute approximate surface area is 202 Å². The maximum absolute atomic E-state index is 13.5. The van der Waals surface area contributed by atoms with Crippen LogP contribution in [0.1, 0.15) is 24.8 Å². The van der Waals surface area contributed by atoms with Crippen LogP contribution < -0.4 is 25.8 Å². The first kappa shape index (κ1) is 23.5. The van der Waals surface area contributed by atoms with Crippen LogP contribution in [-0.4, -0.2) is 44.2 Å². The van der Waals surface area contributed by atoms with E-state index in [9.17, 15) is 18.4 Å². The van der Waals surface area contributed by atoms with E-state index < -0.39 is 10.9 Å². The fourth-order valence-electron chi connectivity index (χ4n) is 5.12. The Bertz CT molecular complexity index is 1250. The second-order valence-electron chi connectivity index (χ2n) is 9.36. The Kier molecular flexibility index (Phi) is 6.81. The largest absolute Gasteiger partial charge is 0.494 e. The number of hydrogen-bond acceptors (Lipinski definition) is 6. The van der Waals surface area contributed by atoms with Crippen LogP contribution in [0.4, 0.5) is 25.8 Å². The van der Waals surface area contributed by atoms with Crippen LogP contribution in [0.15, 0.2) is 52.1 Å². The molecule has 0 amide bonds. The topological polar surface area (TPSA) is 61.9 Å². The molecule has 3 aromatic carbocycles. The van der Waals surface area contributed by atoms with Crippen LogP contribution in [0.2, 0.25) is 0 Å². The van der Waals surface area contributed by atoms with E-state index in [1.54, 1.807) is 18.2 Å². The normalized spacial score (nSPS) is 16.6. The molecule has 0 spiro atoms. The Hall–Kier alpha value is -3.26. The Balaban J connectivity index is 1.07. The van der Waals surface area contributed by atoms with E-state index in [1.807, 2.05) is 4.90 Å². The molecule has 35 heavy (non-hydrogen) atoms. The molecule has 2 aliphatic heterocycles. The van der Waals surface area contributed by atoms with Gasteiger partial charge in [-0.25, -0.2) is 8.78 Å². The first-order valence-corrected chi connectivity index (χ1v) is 12.2. The number of benzene rings is 2. The molecule has 0 radical (unpaired) electrons. The van der Waals surface area contributed by atoms with Crippen molar-refractivity contribution < 1.29 is 13.5 Å². The molecular formula is C27H29F2N3O3. The van der Waals surface area contributed by atoms with Crippen LogP contribution in [-0.2, 0) is 6.42 Å². The zero-order chi connectivity index (χ0) is 24.4. The lowest BCUT2D eigenvalue weighted by Gasteiger charge is -2.32. The monoisotopic (exact) mass is 481 g/mol. The van der Waals surface area contributed by atoms with Crippen molar-refractivity contribution in [2.45, 2.75) is 25.7 Å². The molecule has 0 aromatic heterocycles. The molecule has 0 saturated carbocycles. The average molecular weight is 482 g/mol. The third-order valence-corrected chi connectivity index (χ3v) is 7.14. The Morgan fingerprint density at radius 2 is 1.69 bits per heavy atom. The third kappa shape index (κ3) is 5.07. The standard InChI is InChI=1S/C27H29F2N3O3/c28-20-1-4-22(5-2-20)35-16-10-18-7-12-31(13-8-18)15-11-30-24-25(27(34)26(24)33)32-14-9-19-17-21(29)3-6-23(19)32/h1-6,17-18,30H,7-16H2. The molecule has 1 N–H and O–H groups in total. The third-order valence-electron chi connectivity index (χ3n) is 7.14. The number of likely N-dealkylation sites (tertiary alicyclic amines) is 1. The van der Waals surface area contributed by atoms with Crippen LogP contribution in [0.5, 0.6) is 5.75 Å². The number of nitrogens with zero attached hydrogens (tertiary/aromatic N) is 2. The minimum Gasteiger partial charge on any atom is -0.494 e. The molecule has 0 unspecified atom stereocenters. The summed E-state index contributed by atoms with van der Waals surface area (Å²) in [5, 5.41) is 3.19. The van der Waals surface area contributed by atoms with Crippen molar-refractivity contribution in [1.82, 2.24) is 4.90 Å². The SMILES string of the molecule is O=c1c(NCCN2CCC(CCOc3ccc(F)cc3)CC2)c(N2CCc3cc(F)ccc32)c1=O. The number of fused-ring (bicyclic) bond motifs is 1. The Morgan fingerprint density at radius 3 is 2.46 bits per heavy atom. The van der Waals surface area contributed by atoms with Gasteiger partial charge in [-0.15, -0.1) is 0 Å². The molecule has 0 aliphatic carbocycles. The summed E-state index contributed by atoms with van der Waals surface area (Å²) in [5.41, 5.74) is 1.48. The average Bonchev–Trinajstić information content (AvgIpc) is 3.27. The van der Waals surface area contributed by atoms with Crippen LogP contribution in [0.25, 0.3) is 0 Å². The van der Waals surface area contributed by atoms with Gasteiger partial charge >= 0.3 is 0 Å². The van der Waals surface area contributed by atoms with Crippen molar-refractivity contribution in [2.75, 3.05) is 49.5 Å². The number of nitrogens with one attached hydrogen (secondary N) is 1. The highest BCUT2D eigenvalue weighted by Crippen LogP contribution is 2.36. The van der Waals surface area contributed by atoms with Crippen molar-refractivity contribution in [2.24, 2.45) is 5.92 Å². The molecule has 2 aliphatic rings. The molecule has 3 aromatic rings. The van der Waals surface area contributed by atoms with Crippen LogP contribution in [0, 0.1) is 17.6 Å². The van der Waals surface area contributed by atoms with E-state index in [0.717, 1.165) is 50.1 Å². The van der Waals surface area contributed by atoms with Gasteiger partial charge in [0.05, 0.1) is 6.61 Å². The molecule has 1 fully saturated rings. The quantitative estimate of drug-likeness (QED) is 0.469. The smallest absolute Gasteiger partial charge is 0.253 e. The fourth-order valence-corrected chi connectivity index (χ4v) is 5.12. The maximum Gasteiger partial charge on any atom is 0.253 e. The van der Waals surface area contributed by atoms with Crippen molar-refractivity contribution in [1.29, 1.82) is 0 Å². The van der Waals surface area contributed by atoms with Gasteiger partial charge in [-0.3, -0.25) is 9.59 Å². The predicted octanol–water partition coefficient (Wildman–Crippen LogP) is 3.85. The van der Waals surface area contributed by atoms with Gasteiger partial charge in [0.15, 0.2) is 0 Å². The van der Waals surface area contributed by atoms with Gasteiger partial charge in [-0.2, -0.15) is 0 Å². The van der Waals surface area contributed by atoms with Gasteiger partial charge in [-0.1, -0.05) is 0 Å². The van der Waals surface area contributed by atoms with E-state index in [2.05, 4.69) is 10.2 Å². The highest BCUT2D eigenvalue weighted by molar-refractivity contribution is 5.83. The Morgan fingerprint density at radius 1 is 0.943 bits per heavy atom. The van der Waals surface area contributed by atoms with Gasteiger partial charge < -0.3 is 19.9 Å². The van der Waals surface area contributed by atoms with E-state index in [-0.39, 0.29) is 11.6 Å². The first-order chi connectivity index (χ1) is 17.0. The van der Waals surface area contributed by atoms with Gasteiger partial charge in [0, 0.05) is 25.3 Å². The molecule has 6 nitrogen and oxygen atoms in total. The number of rotatable bonds is 9. The van der Waals surface area contributed by atoms with Crippen LogP contribution in [0.3, 0.4) is 0 Å². The molecule has 184 valence electrons. The van der Waals surface area contributed by atoms with Crippen molar-refractivity contribution in [3.05, 3.63) is 80.1 Å². The summed E-state index contributed by atoms with van der Waals surface area (Å²) in [5.74, 6) is 0.730. The molecular weight excluding hydrogens is 452 g/mol. The second kappa shape index (κ2) is 10.2. The lowest BCUT2D eigenvalue weighted by atomic mass is 9.94. The fraction of sp³-hybridized carbons (Fsp3) is 0.407. The predicted molar refractivity (Wildman–Crippen MR) is 133 cm³/mol. The van der Waals surface area contributed by atoms with E-state index in [1.165, 1.54) is 24.3 Å². The minimum atomic E-state index is -0.478. The lowest BCUT2D eigenvalue weighted by Crippen LogP contribution is -2.42. The van der Waals surface area contributed by atoms with E-state index >= 15 is 0 Å². The van der Waals surface area contributed by atoms with Crippen molar-refractivity contribution in [3.8, 4) is 5.75 Å². The summed E-state index contributed by atoms with van der Waals surface area (Å²) < 4.78 is 32.2. The molecule has 0 bridgehead atoms. The summed E-state index contributed by atoms with van der Waals surface area (Å²) in [6, 6.07) is 10.6.